The highest BCUT2D eigenvalue weighted by atomic mass is 16.5. The predicted octanol–water partition coefficient (Wildman–Crippen LogP) is 0.453. The molecule has 1 rings (SSSR count). The average Bonchev–Trinajstić information content (AvgIpc) is 2.75. The Morgan fingerprint density at radius 2 is 2.29 bits per heavy atom. The van der Waals surface area contributed by atoms with Crippen LogP contribution in [0.4, 0.5) is 0 Å². The fraction of sp³-hybridized carbons (Fsp3) is 0.727. The lowest BCUT2D eigenvalue weighted by molar-refractivity contribution is -0.121. The first kappa shape index (κ1) is 13.6. The van der Waals surface area contributed by atoms with E-state index in [1.54, 1.807) is 0 Å². The molecule has 0 aliphatic carbocycles. The van der Waals surface area contributed by atoms with Gasteiger partial charge in [-0.3, -0.25) is 4.79 Å². The van der Waals surface area contributed by atoms with Gasteiger partial charge < -0.3 is 14.9 Å². The zero-order valence-corrected chi connectivity index (χ0v) is 10.1. The molecular weight excluding hydrogens is 222 g/mol. The number of hydrogen-bond donors (Lipinski definition) is 2. The van der Waals surface area contributed by atoms with Gasteiger partial charge in [-0.25, -0.2) is 0 Å². The van der Waals surface area contributed by atoms with Crippen molar-refractivity contribution in [3.05, 3.63) is 11.7 Å². The fourth-order valence-electron chi connectivity index (χ4n) is 1.40. The molecule has 96 valence electrons. The third-order valence-corrected chi connectivity index (χ3v) is 2.21. The van der Waals surface area contributed by atoms with Gasteiger partial charge in [0.25, 0.3) is 0 Å². The summed E-state index contributed by atoms with van der Waals surface area (Å²) in [6.45, 7) is 2.33. The molecule has 0 atom stereocenters. The van der Waals surface area contributed by atoms with Crippen LogP contribution in [0.25, 0.3) is 0 Å². The number of aliphatic hydroxyl groups excluding tert-OH is 1. The number of aryl methyl sites for hydroxylation is 2. The maximum absolute atomic E-state index is 11.2. The van der Waals surface area contributed by atoms with Crippen LogP contribution in [0.15, 0.2) is 4.52 Å². The van der Waals surface area contributed by atoms with Crippen molar-refractivity contribution in [3.8, 4) is 0 Å². The minimum Gasteiger partial charge on any atom is -0.395 e. The molecule has 1 aromatic rings. The quantitative estimate of drug-likeness (QED) is 0.690. The highest BCUT2D eigenvalue weighted by Gasteiger charge is 2.06. The highest BCUT2D eigenvalue weighted by Crippen LogP contribution is 2.04. The van der Waals surface area contributed by atoms with Gasteiger partial charge in [-0.1, -0.05) is 12.1 Å². The van der Waals surface area contributed by atoms with E-state index in [0.717, 1.165) is 18.7 Å². The Balaban J connectivity index is 2.19. The SMILES string of the molecule is CCCc1noc(CCCC(=O)NCCO)n1. The first-order valence-corrected chi connectivity index (χ1v) is 5.95. The second-order valence-corrected chi connectivity index (χ2v) is 3.78. The molecule has 1 aromatic heterocycles. The lowest BCUT2D eigenvalue weighted by atomic mass is 10.2. The van der Waals surface area contributed by atoms with E-state index in [1.807, 2.05) is 0 Å². The maximum atomic E-state index is 11.2. The van der Waals surface area contributed by atoms with Crippen molar-refractivity contribution in [3.63, 3.8) is 0 Å². The molecule has 0 aromatic carbocycles. The summed E-state index contributed by atoms with van der Waals surface area (Å²) in [6, 6.07) is 0. The maximum Gasteiger partial charge on any atom is 0.226 e. The lowest BCUT2D eigenvalue weighted by Crippen LogP contribution is -2.26. The number of aliphatic hydroxyl groups is 1. The molecule has 1 amide bonds. The van der Waals surface area contributed by atoms with Crippen LogP contribution in [0.1, 0.15) is 37.9 Å². The van der Waals surface area contributed by atoms with Crippen LogP contribution in [-0.2, 0) is 17.6 Å². The van der Waals surface area contributed by atoms with E-state index in [1.165, 1.54) is 0 Å². The number of hydrogen-bond acceptors (Lipinski definition) is 5. The van der Waals surface area contributed by atoms with Crippen LogP contribution in [-0.4, -0.2) is 34.3 Å². The van der Waals surface area contributed by atoms with Gasteiger partial charge in [0, 0.05) is 25.8 Å². The van der Waals surface area contributed by atoms with Crippen molar-refractivity contribution in [2.75, 3.05) is 13.2 Å². The zero-order valence-electron chi connectivity index (χ0n) is 10.1. The molecule has 6 heteroatoms. The van der Waals surface area contributed by atoms with E-state index < -0.39 is 0 Å². The lowest BCUT2D eigenvalue weighted by Gasteiger charge is -2.00. The standard InChI is InChI=1S/C11H19N3O3/c1-2-4-9-13-11(17-14-9)6-3-5-10(16)12-7-8-15/h15H,2-8H2,1H3,(H,12,16). The van der Waals surface area contributed by atoms with Crippen molar-refractivity contribution in [1.29, 1.82) is 0 Å². The Labute approximate surface area is 100 Å². The molecule has 17 heavy (non-hydrogen) atoms. The van der Waals surface area contributed by atoms with Crippen LogP contribution in [0, 0.1) is 0 Å². The molecular formula is C11H19N3O3. The summed E-state index contributed by atoms with van der Waals surface area (Å²) in [5.74, 6) is 1.25. The van der Waals surface area contributed by atoms with E-state index in [9.17, 15) is 4.79 Å². The minimum absolute atomic E-state index is 0.0320. The normalized spacial score (nSPS) is 10.5. The molecule has 0 aliphatic rings. The number of aromatic nitrogens is 2. The molecule has 0 aliphatic heterocycles. The molecule has 2 N–H and O–H groups in total. The fourth-order valence-corrected chi connectivity index (χ4v) is 1.40. The Morgan fingerprint density at radius 1 is 1.47 bits per heavy atom. The average molecular weight is 241 g/mol. The second kappa shape index (κ2) is 7.78. The van der Waals surface area contributed by atoms with Crippen LogP contribution < -0.4 is 5.32 Å². The molecule has 0 saturated heterocycles. The summed E-state index contributed by atoms with van der Waals surface area (Å²) in [6.07, 6.45) is 3.50. The van der Waals surface area contributed by atoms with Gasteiger partial charge in [-0.05, 0) is 12.8 Å². The van der Waals surface area contributed by atoms with Crippen molar-refractivity contribution in [1.82, 2.24) is 15.5 Å². The highest BCUT2D eigenvalue weighted by molar-refractivity contribution is 5.75. The third kappa shape index (κ3) is 5.44. The summed E-state index contributed by atoms with van der Waals surface area (Å²) in [5, 5.41) is 14.9. The number of nitrogens with zero attached hydrogens (tertiary/aromatic N) is 2. The largest absolute Gasteiger partial charge is 0.395 e. The van der Waals surface area contributed by atoms with E-state index in [2.05, 4.69) is 22.4 Å². The third-order valence-electron chi connectivity index (χ3n) is 2.21. The van der Waals surface area contributed by atoms with Crippen molar-refractivity contribution in [2.24, 2.45) is 0 Å². The summed E-state index contributed by atoms with van der Waals surface area (Å²) in [5.41, 5.74) is 0. The molecule has 0 bridgehead atoms. The molecule has 0 fully saturated rings. The first-order chi connectivity index (χ1) is 8.26. The molecule has 6 nitrogen and oxygen atoms in total. The summed E-state index contributed by atoms with van der Waals surface area (Å²) in [7, 11) is 0. The van der Waals surface area contributed by atoms with Crippen molar-refractivity contribution < 1.29 is 14.4 Å². The summed E-state index contributed by atoms with van der Waals surface area (Å²) >= 11 is 0. The van der Waals surface area contributed by atoms with Gasteiger partial charge >= 0.3 is 0 Å². The summed E-state index contributed by atoms with van der Waals surface area (Å²) in [4.78, 5) is 15.4. The molecule has 0 radical (unpaired) electrons. The first-order valence-electron chi connectivity index (χ1n) is 5.95. The Bertz CT molecular complexity index is 338. The van der Waals surface area contributed by atoms with Crippen LogP contribution in [0.5, 0.6) is 0 Å². The molecule has 1 heterocycles. The zero-order chi connectivity index (χ0) is 12.5. The van der Waals surface area contributed by atoms with Gasteiger partial charge in [-0.15, -0.1) is 0 Å². The molecule has 0 saturated carbocycles. The van der Waals surface area contributed by atoms with Gasteiger partial charge in [0.05, 0.1) is 6.61 Å². The topological polar surface area (TPSA) is 88.2 Å². The minimum atomic E-state index is -0.0626. The smallest absolute Gasteiger partial charge is 0.226 e. The number of carbonyl (C=O) groups excluding carboxylic acids is 1. The van der Waals surface area contributed by atoms with E-state index >= 15 is 0 Å². The predicted molar refractivity (Wildman–Crippen MR) is 61.3 cm³/mol. The Hall–Kier alpha value is -1.43. The Morgan fingerprint density at radius 3 is 3.00 bits per heavy atom. The number of carbonyl (C=O) groups is 1. The monoisotopic (exact) mass is 241 g/mol. The van der Waals surface area contributed by atoms with Gasteiger partial charge in [0.2, 0.25) is 11.8 Å². The molecule has 0 spiro atoms. The molecule has 0 unspecified atom stereocenters. The summed E-state index contributed by atoms with van der Waals surface area (Å²) < 4.78 is 5.05. The van der Waals surface area contributed by atoms with E-state index in [4.69, 9.17) is 9.63 Å². The van der Waals surface area contributed by atoms with E-state index in [0.29, 0.717) is 31.7 Å². The van der Waals surface area contributed by atoms with Crippen LogP contribution in [0.3, 0.4) is 0 Å². The van der Waals surface area contributed by atoms with Crippen molar-refractivity contribution >= 4 is 5.91 Å². The second-order valence-electron chi connectivity index (χ2n) is 3.78. The van der Waals surface area contributed by atoms with Gasteiger partial charge in [0.15, 0.2) is 5.82 Å². The number of amides is 1. The number of nitrogens with one attached hydrogen (secondary N) is 1. The van der Waals surface area contributed by atoms with Crippen LogP contribution in [0.2, 0.25) is 0 Å². The van der Waals surface area contributed by atoms with Crippen LogP contribution >= 0.6 is 0 Å². The van der Waals surface area contributed by atoms with Gasteiger partial charge in [0.1, 0.15) is 0 Å². The van der Waals surface area contributed by atoms with E-state index in [-0.39, 0.29) is 12.5 Å². The Kier molecular flexibility index (Phi) is 6.24. The van der Waals surface area contributed by atoms with Crippen molar-refractivity contribution in [2.45, 2.75) is 39.0 Å². The number of rotatable bonds is 8. The van der Waals surface area contributed by atoms with Gasteiger partial charge in [-0.2, -0.15) is 4.98 Å².